The number of nitrogens with one attached hydrogen (secondary N) is 2. The summed E-state index contributed by atoms with van der Waals surface area (Å²) in [7, 11) is 0. The molecular formula is C22H25N5O2S. The maximum atomic E-state index is 12.9. The Labute approximate surface area is 180 Å². The molecule has 156 valence electrons. The number of thioether (sulfide) groups is 1. The van der Waals surface area contributed by atoms with E-state index < -0.39 is 0 Å². The second-order valence-corrected chi connectivity index (χ2v) is 8.05. The van der Waals surface area contributed by atoms with Gasteiger partial charge in [-0.15, -0.1) is 10.2 Å². The number of ether oxygens (including phenoxy) is 1. The molecular weight excluding hydrogens is 398 g/mol. The van der Waals surface area contributed by atoms with E-state index in [9.17, 15) is 4.79 Å². The molecule has 2 N–H and O–H groups in total. The maximum absolute atomic E-state index is 12.9. The zero-order valence-electron chi connectivity index (χ0n) is 17.0. The van der Waals surface area contributed by atoms with E-state index in [2.05, 4.69) is 20.9 Å². The van der Waals surface area contributed by atoms with Crippen LogP contribution in [0.2, 0.25) is 0 Å². The summed E-state index contributed by atoms with van der Waals surface area (Å²) >= 11 is 1.43. The summed E-state index contributed by atoms with van der Waals surface area (Å²) in [5, 5.41) is 12.0. The van der Waals surface area contributed by atoms with Crippen LogP contribution < -0.4 is 15.5 Å². The quantitative estimate of drug-likeness (QED) is 0.604. The van der Waals surface area contributed by atoms with Crippen LogP contribution in [0.25, 0.3) is 11.4 Å². The summed E-state index contributed by atoms with van der Waals surface area (Å²) < 4.78 is 7.45. The highest BCUT2D eigenvalue weighted by molar-refractivity contribution is 8.00. The summed E-state index contributed by atoms with van der Waals surface area (Å²) in [5.74, 6) is 1.52. The molecule has 7 nitrogen and oxygen atoms in total. The number of aromatic nitrogens is 3. The van der Waals surface area contributed by atoms with Gasteiger partial charge in [0.1, 0.15) is 11.0 Å². The van der Waals surface area contributed by atoms with Crippen molar-refractivity contribution in [2.75, 3.05) is 18.6 Å². The molecule has 8 heteroatoms. The van der Waals surface area contributed by atoms with Gasteiger partial charge in [-0.3, -0.25) is 4.79 Å². The molecule has 2 heterocycles. The van der Waals surface area contributed by atoms with Gasteiger partial charge in [-0.05, 0) is 31.0 Å². The van der Waals surface area contributed by atoms with Crippen molar-refractivity contribution >= 4 is 17.7 Å². The van der Waals surface area contributed by atoms with E-state index in [1.807, 2.05) is 73.1 Å². The van der Waals surface area contributed by atoms with Gasteiger partial charge in [-0.25, -0.2) is 4.68 Å². The van der Waals surface area contributed by atoms with Crippen LogP contribution in [-0.2, 0) is 4.79 Å². The summed E-state index contributed by atoms with van der Waals surface area (Å²) in [6.07, 6.45) is 0.888. The van der Waals surface area contributed by atoms with Crippen LogP contribution in [0.15, 0.2) is 59.8 Å². The van der Waals surface area contributed by atoms with Gasteiger partial charge in [0, 0.05) is 12.1 Å². The van der Waals surface area contributed by atoms with Gasteiger partial charge in [0.05, 0.1) is 12.6 Å². The Kier molecular flexibility index (Phi) is 6.23. The average Bonchev–Trinajstić information content (AvgIpc) is 3.21. The van der Waals surface area contributed by atoms with Crippen molar-refractivity contribution in [1.82, 2.24) is 20.2 Å². The minimum atomic E-state index is -0.366. The number of hydrogen-bond acceptors (Lipinski definition) is 6. The minimum absolute atomic E-state index is 0.0104. The molecule has 2 atom stereocenters. The van der Waals surface area contributed by atoms with Crippen molar-refractivity contribution in [2.24, 2.45) is 0 Å². The van der Waals surface area contributed by atoms with Crippen LogP contribution in [0.5, 0.6) is 5.75 Å². The molecule has 0 saturated carbocycles. The third-order valence-electron chi connectivity index (χ3n) is 4.83. The SMILES string of the molecule is CCCNC(=O)C1Sc2nnc(-c3ccccc3)n2NC1c1ccc(OCC)cc1. The molecule has 0 spiro atoms. The second kappa shape index (κ2) is 9.21. The van der Waals surface area contributed by atoms with Crippen LogP contribution >= 0.6 is 11.8 Å². The summed E-state index contributed by atoms with van der Waals surface area (Å²) in [4.78, 5) is 12.9. The topological polar surface area (TPSA) is 81.1 Å². The van der Waals surface area contributed by atoms with Gasteiger partial charge < -0.3 is 15.5 Å². The zero-order chi connectivity index (χ0) is 20.9. The molecule has 1 amide bonds. The smallest absolute Gasteiger partial charge is 0.236 e. The van der Waals surface area contributed by atoms with Crippen molar-refractivity contribution in [3.05, 3.63) is 60.2 Å². The Morgan fingerprint density at radius 1 is 1.13 bits per heavy atom. The minimum Gasteiger partial charge on any atom is -0.494 e. The second-order valence-electron chi connectivity index (χ2n) is 6.95. The molecule has 4 rings (SSSR count). The third-order valence-corrected chi connectivity index (χ3v) is 6.04. The van der Waals surface area contributed by atoms with Crippen molar-refractivity contribution in [3.63, 3.8) is 0 Å². The highest BCUT2D eigenvalue weighted by atomic mass is 32.2. The fourth-order valence-electron chi connectivity index (χ4n) is 3.37. The van der Waals surface area contributed by atoms with E-state index in [0.29, 0.717) is 18.3 Å². The number of benzene rings is 2. The van der Waals surface area contributed by atoms with E-state index in [-0.39, 0.29) is 17.2 Å². The summed E-state index contributed by atoms with van der Waals surface area (Å²) in [6, 6.07) is 17.5. The van der Waals surface area contributed by atoms with Gasteiger partial charge >= 0.3 is 0 Å². The maximum Gasteiger partial charge on any atom is 0.236 e. The van der Waals surface area contributed by atoms with E-state index in [4.69, 9.17) is 4.74 Å². The number of rotatable bonds is 7. The van der Waals surface area contributed by atoms with Gasteiger partial charge in [-0.2, -0.15) is 0 Å². The largest absolute Gasteiger partial charge is 0.494 e. The Morgan fingerprint density at radius 2 is 1.90 bits per heavy atom. The average molecular weight is 424 g/mol. The fourth-order valence-corrected chi connectivity index (χ4v) is 4.47. The molecule has 30 heavy (non-hydrogen) atoms. The molecule has 2 unspecified atom stereocenters. The van der Waals surface area contributed by atoms with Gasteiger partial charge in [0.25, 0.3) is 0 Å². The lowest BCUT2D eigenvalue weighted by Gasteiger charge is -2.33. The van der Waals surface area contributed by atoms with Crippen LogP contribution in [0, 0.1) is 0 Å². The molecule has 0 saturated heterocycles. The number of nitrogens with zero attached hydrogens (tertiary/aromatic N) is 3. The third kappa shape index (κ3) is 4.14. The molecule has 0 fully saturated rings. The highest BCUT2D eigenvalue weighted by Crippen LogP contribution is 2.38. The van der Waals surface area contributed by atoms with Gasteiger partial charge in [0.2, 0.25) is 11.1 Å². The Bertz CT molecular complexity index is 991. The molecule has 1 aliphatic rings. The Morgan fingerprint density at radius 3 is 2.60 bits per heavy atom. The standard InChI is InChI=1S/C22H25N5O2S/c1-3-14-23-21(28)19-18(15-10-12-17(13-11-15)29-4-2)26-27-20(24-25-22(27)30-19)16-8-6-5-7-9-16/h5-13,18-19,26H,3-4,14H2,1-2H3,(H,23,28). The predicted molar refractivity (Wildman–Crippen MR) is 118 cm³/mol. The number of hydrogen-bond donors (Lipinski definition) is 2. The molecule has 1 aliphatic heterocycles. The van der Waals surface area contributed by atoms with Gasteiger partial charge in [0.15, 0.2) is 5.82 Å². The number of fused-ring (bicyclic) bond motifs is 1. The first-order valence-corrected chi connectivity index (χ1v) is 11.0. The van der Waals surface area contributed by atoms with Crippen molar-refractivity contribution in [3.8, 4) is 17.1 Å². The predicted octanol–water partition coefficient (Wildman–Crippen LogP) is 3.63. The van der Waals surface area contributed by atoms with Gasteiger partial charge in [-0.1, -0.05) is 61.2 Å². The molecule has 1 aromatic heterocycles. The van der Waals surface area contributed by atoms with Crippen molar-refractivity contribution in [1.29, 1.82) is 0 Å². The van der Waals surface area contributed by atoms with Crippen molar-refractivity contribution in [2.45, 2.75) is 36.7 Å². The molecule has 0 aliphatic carbocycles. The van der Waals surface area contributed by atoms with E-state index in [1.165, 1.54) is 11.8 Å². The van der Waals surface area contributed by atoms with Crippen LogP contribution in [0.1, 0.15) is 31.9 Å². The van der Waals surface area contributed by atoms with Crippen LogP contribution in [0.4, 0.5) is 0 Å². The number of carbonyl (C=O) groups excluding carboxylic acids is 1. The van der Waals surface area contributed by atoms with E-state index >= 15 is 0 Å². The van der Waals surface area contributed by atoms with Crippen molar-refractivity contribution < 1.29 is 9.53 Å². The Hall–Kier alpha value is -3.00. The zero-order valence-corrected chi connectivity index (χ0v) is 17.9. The summed E-state index contributed by atoms with van der Waals surface area (Å²) in [5.41, 5.74) is 5.45. The molecule has 3 aromatic rings. The molecule has 0 radical (unpaired) electrons. The first kappa shape index (κ1) is 20.3. The summed E-state index contributed by atoms with van der Waals surface area (Å²) in [6.45, 7) is 5.26. The lowest BCUT2D eigenvalue weighted by Crippen LogP contribution is -2.44. The van der Waals surface area contributed by atoms with Crippen LogP contribution in [0.3, 0.4) is 0 Å². The first-order chi connectivity index (χ1) is 14.7. The lowest BCUT2D eigenvalue weighted by atomic mass is 10.0. The molecule has 0 bridgehead atoms. The van der Waals surface area contributed by atoms with E-state index in [1.54, 1.807) is 0 Å². The number of carbonyl (C=O) groups is 1. The molecule has 2 aromatic carbocycles. The monoisotopic (exact) mass is 423 g/mol. The fraction of sp³-hybridized carbons (Fsp3) is 0.318. The highest BCUT2D eigenvalue weighted by Gasteiger charge is 2.37. The number of amides is 1. The van der Waals surface area contributed by atoms with E-state index in [0.717, 1.165) is 29.1 Å². The van der Waals surface area contributed by atoms with Crippen LogP contribution in [-0.4, -0.2) is 39.2 Å². The normalized spacial score (nSPS) is 17.7. The Balaban J connectivity index is 1.69. The lowest BCUT2D eigenvalue weighted by molar-refractivity contribution is -0.120. The first-order valence-electron chi connectivity index (χ1n) is 10.2.